The Balaban J connectivity index is 1.26. The summed E-state index contributed by atoms with van der Waals surface area (Å²) in [7, 11) is 0. The van der Waals surface area contributed by atoms with E-state index in [1.54, 1.807) is 0 Å². The van der Waals surface area contributed by atoms with Gasteiger partial charge in [-0.15, -0.1) is 11.3 Å². The van der Waals surface area contributed by atoms with Crippen LogP contribution in [-0.2, 0) is 5.41 Å². The Morgan fingerprint density at radius 1 is 0.545 bits per heavy atom. The van der Waals surface area contributed by atoms with Crippen LogP contribution in [0.25, 0.3) is 99.7 Å². The Bertz CT molecular complexity index is 4660. The van der Waals surface area contributed by atoms with Crippen LogP contribution in [0, 0.1) is 0 Å². The Morgan fingerprint density at radius 3 is 1.82 bits per heavy atom. The van der Waals surface area contributed by atoms with E-state index in [4.69, 9.17) is 34.6 Å². The van der Waals surface area contributed by atoms with Crippen LogP contribution in [0.4, 0.5) is 0 Å². The Morgan fingerprint density at radius 2 is 1.16 bits per heavy atom. The summed E-state index contributed by atoms with van der Waals surface area (Å²) >= 11 is 0.534. The van der Waals surface area contributed by atoms with Gasteiger partial charge in [-0.1, -0.05) is 147 Å². The highest BCUT2D eigenvalue weighted by Crippen LogP contribution is 2.53. The van der Waals surface area contributed by atoms with Crippen molar-refractivity contribution in [3.05, 3.63) is 168 Å². The standard InChI is InChI=1S/C49H32N4OS/c1-49(2)39-24-25-41-45(55-28-50-41)42(39)38-23-22-32(27-40(38)49)35-19-11-21-37-36-20-10-18-34(43(36)54-44(35)37)31-16-9-17-33(26-31)48-52-46(29-12-5-3-6-13-29)51-47(53-48)30-14-7-4-8-15-30/h3-28H,1-2H3/i1D3,2D3,3D,4D,5D,6D,7D,8D,9D,10D,11D,12D,13D,14D,15D,16D,18D,19D,20D,21D,22D,23D,24D,25D,26D,27D,28D. The number of nitrogens with zero attached hydrogens (tertiary/aromatic N) is 4. The second-order valence-corrected chi connectivity index (χ2v) is 12.7. The van der Waals surface area contributed by atoms with Gasteiger partial charge in [0.25, 0.3) is 0 Å². The van der Waals surface area contributed by atoms with Gasteiger partial charge in [-0.3, -0.25) is 0 Å². The molecule has 0 unspecified atom stereocenters. The maximum atomic E-state index is 9.91. The summed E-state index contributed by atoms with van der Waals surface area (Å²) in [6.07, 6.45) is 0. The van der Waals surface area contributed by atoms with Crippen molar-refractivity contribution in [1.29, 1.82) is 0 Å². The van der Waals surface area contributed by atoms with Crippen molar-refractivity contribution in [1.82, 2.24) is 19.9 Å². The maximum absolute atomic E-state index is 9.91. The van der Waals surface area contributed by atoms with Crippen molar-refractivity contribution in [2.75, 3.05) is 0 Å². The van der Waals surface area contributed by atoms with E-state index in [0.717, 1.165) is 6.07 Å². The first-order valence-corrected chi connectivity index (χ1v) is 16.7. The molecule has 10 aromatic rings. The lowest BCUT2D eigenvalue weighted by Crippen LogP contribution is -2.14. The van der Waals surface area contributed by atoms with E-state index in [-0.39, 0.29) is 10.2 Å². The normalized spacial score (nSPS) is 21.5. The molecule has 0 radical (unpaired) electrons. The molecule has 0 atom stereocenters. The van der Waals surface area contributed by atoms with Gasteiger partial charge in [-0.25, -0.2) is 19.9 Å². The highest BCUT2D eigenvalue weighted by Gasteiger charge is 2.37. The molecule has 0 saturated heterocycles. The second-order valence-electron chi connectivity index (χ2n) is 11.9. The molecule has 3 heterocycles. The van der Waals surface area contributed by atoms with E-state index >= 15 is 0 Å². The third-order valence-corrected chi connectivity index (χ3v) is 9.51. The Labute approximate surface area is 365 Å². The van der Waals surface area contributed by atoms with Crippen LogP contribution in [0.15, 0.2) is 161 Å². The average molecular weight is 756 g/mol. The fourth-order valence-corrected chi connectivity index (χ4v) is 7.01. The summed E-state index contributed by atoms with van der Waals surface area (Å²) in [6.45, 7) is -7.62. The minimum absolute atomic E-state index is 0.217. The lowest BCUT2D eigenvalue weighted by atomic mass is 9.81. The molecule has 11 rings (SSSR count). The fourth-order valence-electron chi connectivity index (χ4n) is 6.28. The van der Waals surface area contributed by atoms with Crippen LogP contribution in [0.1, 0.15) is 67.3 Å². The zero-order valence-corrected chi connectivity index (χ0v) is 28.0. The highest BCUT2D eigenvalue weighted by atomic mass is 32.1. The molecule has 1 aliphatic carbocycles. The van der Waals surface area contributed by atoms with Crippen LogP contribution in [0.5, 0.6) is 0 Å². The molecule has 7 aromatic carbocycles. The molecule has 0 spiro atoms. The quantitative estimate of drug-likeness (QED) is 0.175. The predicted octanol–water partition coefficient (Wildman–Crippen LogP) is 13.0. The van der Waals surface area contributed by atoms with E-state index in [0.29, 0.717) is 11.3 Å². The summed E-state index contributed by atoms with van der Waals surface area (Å²) in [5.74, 6) is -2.36. The SMILES string of the molecule is [2H]c1nc2c([2H])c([2H])c3c(c2s1)-c1c([2H])c([2H])c(-c2c([2H])c([2H])c([2H])c4c2oc2c(-c5c([2H])c([2H])cc(-c6nc(-c7c([2H])c([2H])c([2H])c([2H])c7[2H])nc(-c7c([2H])c([2H])c([2H])c([2H])c7[2H])n6)c5[2H])c([2H])c([2H])c([2H])c24)c([2H])c1C3(C([2H])([2H])[2H])C([2H])([2H])[2H]. The summed E-state index contributed by atoms with van der Waals surface area (Å²) in [5, 5.41) is -1.33. The van der Waals surface area contributed by atoms with Crippen LogP contribution in [-0.4, -0.2) is 19.9 Å². The number of fused-ring (bicyclic) bond motifs is 8. The molecule has 0 saturated carbocycles. The van der Waals surface area contributed by atoms with Gasteiger partial charge >= 0.3 is 0 Å². The van der Waals surface area contributed by atoms with Gasteiger partial charge in [0.1, 0.15) is 11.2 Å². The van der Waals surface area contributed by atoms with E-state index in [1.165, 1.54) is 0 Å². The number of hydrogen-bond acceptors (Lipinski definition) is 6. The molecule has 0 fully saturated rings. The van der Waals surface area contributed by atoms with Gasteiger partial charge in [0.2, 0.25) is 0 Å². The van der Waals surface area contributed by atoms with Gasteiger partial charge < -0.3 is 4.42 Å². The van der Waals surface area contributed by atoms with Crippen LogP contribution >= 0.6 is 11.3 Å². The molecule has 0 amide bonds. The molecule has 1 aliphatic rings. The van der Waals surface area contributed by atoms with Gasteiger partial charge in [0.15, 0.2) is 17.5 Å². The van der Waals surface area contributed by atoms with Crippen molar-refractivity contribution < 1.29 is 46.9 Å². The first kappa shape index (κ1) is 13.5. The first-order chi connectivity index (χ1) is 39.9. The topological polar surface area (TPSA) is 64.7 Å². The van der Waals surface area contributed by atoms with Crippen molar-refractivity contribution in [3.8, 4) is 67.5 Å². The molecule has 0 N–H and O–H groups in total. The largest absolute Gasteiger partial charge is 0.455 e. The number of hydrogen-bond donors (Lipinski definition) is 0. The van der Waals surface area contributed by atoms with E-state index in [9.17, 15) is 12.3 Å². The van der Waals surface area contributed by atoms with Gasteiger partial charge in [-0.05, 0) is 45.9 Å². The molecular formula is C49H32N4OS. The number of rotatable bonds is 5. The zero-order valence-electron chi connectivity index (χ0n) is 58.2. The third kappa shape index (κ3) is 4.99. The number of furan rings is 1. The van der Waals surface area contributed by atoms with Crippen molar-refractivity contribution >= 4 is 43.5 Å². The Hall–Kier alpha value is -6.76. The molecule has 6 heteroatoms. The van der Waals surface area contributed by atoms with Gasteiger partial charge in [-0.2, -0.15) is 0 Å². The summed E-state index contributed by atoms with van der Waals surface area (Å²) in [6, 6.07) is -21.8. The summed E-state index contributed by atoms with van der Waals surface area (Å²) in [5.41, 5.74) is -14.5. The molecule has 55 heavy (non-hydrogen) atoms. The van der Waals surface area contributed by atoms with Crippen LogP contribution in [0.2, 0.25) is 0 Å². The van der Waals surface area contributed by atoms with E-state index in [2.05, 4.69) is 19.9 Å². The van der Waals surface area contributed by atoms with Crippen molar-refractivity contribution in [3.63, 3.8) is 0 Å². The number of aromatic nitrogens is 4. The average Bonchev–Trinajstić information content (AvgIpc) is 1.48. The molecule has 5 nitrogen and oxygen atoms in total. The molecular weight excluding hydrogens is 693 g/mol. The zero-order chi connectivity index (χ0) is 63.4. The number of benzene rings is 7. The first-order valence-electron chi connectivity index (χ1n) is 31.4. The van der Waals surface area contributed by atoms with Crippen molar-refractivity contribution in [2.45, 2.75) is 19.1 Å². The predicted molar refractivity (Wildman–Crippen MR) is 225 cm³/mol. The number of thiazole rings is 1. The number of para-hydroxylation sites is 2. The monoisotopic (exact) mass is 755 g/mol. The minimum atomic E-state index is -3.81. The third-order valence-electron chi connectivity index (χ3n) is 8.72. The summed E-state index contributed by atoms with van der Waals surface area (Å²) in [4.78, 5) is 16.8. The molecule has 260 valence electrons. The Kier molecular flexibility index (Phi) is 2.98. The van der Waals surface area contributed by atoms with Gasteiger partial charge in [0, 0.05) is 57.8 Å². The fraction of sp³-hybridized carbons (Fsp3) is 0.0612. The van der Waals surface area contributed by atoms with Gasteiger partial charge in [0.05, 0.1) is 50.0 Å². The lowest BCUT2D eigenvalue weighted by Gasteiger charge is -2.22. The molecule has 3 aromatic heterocycles. The van der Waals surface area contributed by atoms with E-state index in [1.807, 2.05) is 0 Å². The minimum Gasteiger partial charge on any atom is -0.455 e. The van der Waals surface area contributed by atoms with E-state index < -0.39 is 270 Å². The highest BCUT2D eigenvalue weighted by molar-refractivity contribution is 7.17. The smallest absolute Gasteiger partial charge is 0.164 e. The lowest BCUT2D eigenvalue weighted by molar-refractivity contribution is 0.660. The summed E-state index contributed by atoms with van der Waals surface area (Å²) < 4.78 is 283. The second kappa shape index (κ2) is 12.1. The van der Waals surface area contributed by atoms with Crippen LogP contribution < -0.4 is 0 Å². The maximum Gasteiger partial charge on any atom is 0.164 e. The van der Waals surface area contributed by atoms with Crippen molar-refractivity contribution in [2.24, 2.45) is 0 Å². The molecule has 0 aliphatic heterocycles. The molecule has 0 bridgehead atoms. The van der Waals surface area contributed by atoms with Crippen LogP contribution in [0.3, 0.4) is 0 Å².